The maximum atomic E-state index is 11.9. The molecule has 1 unspecified atom stereocenters. The summed E-state index contributed by atoms with van der Waals surface area (Å²) in [6.07, 6.45) is 3.62. The first-order valence-electron chi connectivity index (χ1n) is 6.86. The van der Waals surface area contributed by atoms with Crippen molar-refractivity contribution in [3.8, 4) is 0 Å². The Hall–Kier alpha value is -1.42. The van der Waals surface area contributed by atoms with Crippen LogP contribution in [-0.2, 0) is 4.79 Å². The first kappa shape index (κ1) is 15.6. The predicted molar refractivity (Wildman–Crippen MR) is 77.6 cm³/mol. The molecule has 1 rings (SSSR count). The van der Waals surface area contributed by atoms with Crippen molar-refractivity contribution in [2.45, 2.75) is 39.7 Å². The molecule has 106 valence electrons. The molecular weight excluding hydrogens is 238 g/mol. The number of amides is 1. The Bertz CT molecular complexity index is 390. The van der Waals surface area contributed by atoms with Crippen LogP contribution in [0.25, 0.3) is 0 Å². The topological polar surface area (TPSA) is 68.0 Å². The smallest absolute Gasteiger partial charge is 0.237 e. The summed E-state index contributed by atoms with van der Waals surface area (Å²) in [4.78, 5) is 16.0. The summed E-state index contributed by atoms with van der Waals surface area (Å²) in [7, 11) is 0. The summed E-state index contributed by atoms with van der Waals surface area (Å²) in [6.45, 7) is 8.79. The Kier molecular flexibility index (Phi) is 5.96. The lowest BCUT2D eigenvalue weighted by atomic mass is 9.89. The highest BCUT2D eigenvalue weighted by Crippen LogP contribution is 2.22. The molecule has 1 aromatic rings. The molecule has 0 spiro atoms. The molecule has 0 bridgehead atoms. The van der Waals surface area contributed by atoms with Gasteiger partial charge in [-0.05, 0) is 23.5 Å². The predicted octanol–water partition coefficient (Wildman–Crippen LogP) is 1.92. The standard InChI is InChI=1S/C15H25N3O/c1-10(2)13(12-6-5-7-17-8-12)9-18-15(19)14(16)11(3)4/h5-8,10-11,13-14H,9,16H2,1-4H3,(H,18,19)/t13?,14-/m0/s1. The van der Waals surface area contributed by atoms with Gasteiger partial charge in [-0.3, -0.25) is 9.78 Å². The van der Waals surface area contributed by atoms with Crippen LogP contribution in [0.4, 0.5) is 0 Å². The minimum Gasteiger partial charge on any atom is -0.354 e. The minimum absolute atomic E-state index is 0.0791. The van der Waals surface area contributed by atoms with Gasteiger partial charge in [-0.2, -0.15) is 0 Å². The van der Waals surface area contributed by atoms with E-state index in [2.05, 4.69) is 24.1 Å². The fraction of sp³-hybridized carbons (Fsp3) is 0.600. The van der Waals surface area contributed by atoms with Crippen molar-refractivity contribution in [3.63, 3.8) is 0 Å². The second-order valence-corrected chi connectivity index (χ2v) is 5.65. The molecule has 1 amide bonds. The molecule has 0 saturated carbocycles. The number of aromatic nitrogens is 1. The van der Waals surface area contributed by atoms with Gasteiger partial charge >= 0.3 is 0 Å². The number of carbonyl (C=O) groups is 1. The summed E-state index contributed by atoms with van der Waals surface area (Å²) < 4.78 is 0. The zero-order valence-electron chi connectivity index (χ0n) is 12.3. The van der Waals surface area contributed by atoms with Crippen molar-refractivity contribution in [1.29, 1.82) is 0 Å². The first-order valence-corrected chi connectivity index (χ1v) is 6.86. The molecule has 4 heteroatoms. The monoisotopic (exact) mass is 263 g/mol. The average molecular weight is 263 g/mol. The second-order valence-electron chi connectivity index (χ2n) is 5.65. The second kappa shape index (κ2) is 7.24. The van der Waals surface area contributed by atoms with E-state index in [1.165, 1.54) is 0 Å². The largest absolute Gasteiger partial charge is 0.354 e. The highest BCUT2D eigenvalue weighted by molar-refractivity contribution is 5.81. The van der Waals surface area contributed by atoms with Crippen molar-refractivity contribution < 1.29 is 4.79 Å². The van der Waals surface area contributed by atoms with Gasteiger partial charge in [0.1, 0.15) is 0 Å². The molecule has 1 heterocycles. The molecule has 0 saturated heterocycles. The number of pyridine rings is 1. The SMILES string of the molecule is CC(C)C(CNC(=O)[C@@H](N)C(C)C)c1cccnc1. The van der Waals surface area contributed by atoms with Crippen LogP contribution in [0.2, 0.25) is 0 Å². The van der Waals surface area contributed by atoms with E-state index in [9.17, 15) is 4.79 Å². The molecule has 0 aliphatic rings. The van der Waals surface area contributed by atoms with Crippen LogP contribution in [0.3, 0.4) is 0 Å². The van der Waals surface area contributed by atoms with E-state index in [4.69, 9.17) is 5.73 Å². The van der Waals surface area contributed by atoms with Gasteiger partial charge in [0.2, 0.25) is 5.91 Å². The normalized spacial score (nSPS) is 14.5. The zero-order chi connectivity index (χ0) is 14.4. The number of nitrogens with zero attached hydrogens (tertiary/aromatic N) is 1. The summed E-state index contributed by atoms with van der Waals surface area (Å²) in [5.41, 5.74) is 6.99. The molecule has 19 heavy (non-hydrogen) atoms. The van der Waals surface area contributed by atoms with Crippen LogP contribution >= 0.6 is 0 Å². The molecule has 0 radical (unpaired) electrons. The quantitative estimate of drug-likeness (QED) is 0.824. The van der Waals surface area contributed by atoms with Crippen molar-refractivity contribution in [3.05, 3.63) is 30.1 Å². The van der Waals surface area contributed by atoms with Gasteiger partial charge in [0.05, 0.1) is 6.04 Å². The minimum atomic E-state index is -0.443. The molecule has 1 aromatic heterocycles. The van der Waals surface area contributed by atoms with Gasteiger partial charge < -0.3 is 11.1 Å². The summed E-state index contributed by atoms with van der Waals surface area (Å²) in [5, 5.41) is 2.95. The third-order valence-corrected chi connectivity index (χ3v) is 3.43. The Morgan fingerprint density at radius 2 is 2.00 bits per heavy atom. The molecule has 2 atom stereocenters. The van der Waals surface area contributed by atoms with E-state index in [0.717, 1.165) is 5.56 Å². The highest BCUT2D eigenvalue weighted by Gasteiger charge is 2.21. The maximum Gasteiger partial charge on any atom is 0.237 e. The summed E-state index contributed by atoms with van der Waals surface area (Å²) in [5.74, 6) is 0.761. The van der Waals surface area contributed by atoms with E-state index in [1.807, 2.05) is 32.2 Å². The van der Waals surface area contributed by atoms with Gasteiger partial charge in [0, 0.05) is 24.9 Å². The molecule has 3 N–H and O–H groups in total. The maximum absolute atomic E-state index is 11.9. The zero-order valence-corrected chi connectivity index (χ0v) is 12.3. The fourth-order valence-corrected chi connectivity index (χ4v) is 1.96. The number of nitrogens with two attached hydrogens (primary N) is 1. The Labute approximate surface area is 115 Å². The van der Waals surface area contributed by atoms with Gasteiger partial charge in [-0.15, -0.1) is 0 Å². The lowest BCUT2D eigenvalue weighted by molar-refractivity contribution is -0.123. The van der Waals surface area contributed by atoms with Crippen LogP contribution < -0.4 is 11.1 Å². The average Bonchev–Trinajstić information content (AvgIpc) is 2.38. The van der Waals surface area contributed by atoms with Crippen molar-refractivity contribution in [1.82, 2.24) is 10.3 Å². The van der Waals surface area contributed by atoms with Crippen LogP contribution in [0.1, 0.15) is 39.2 Å². The van der Waals surface area contributed by atoms with E-state index in [-0.39, 0.29) is 17.7 Å². The number of hydrogen-bond acceptors (Lipinski definition) is 3. The van der Waals surface area contributed by atoms with Crippen LogP contribution in [-0.4, -0.2) is 23.5 Å². The van der Waals surface area contributed by atoms with E-state index in [0.29, 0.717) is 12.5 Å². The number of rotatable bonds is 6. The van der Waals surface area contributed by atoms with Crippen LogP contribution in [0.5, 0.6) is 0 Å². The van der Waals surface area contributed by atoms with Crippen molar-refractivity contribution in [2.75, 3.05) is 6.54 Å². The van der Waals surface area contributed by atoms with Crippen LogP contribution in [0, 0.1) is 11.8 Å². The highest BCUT2D eigenvalue weighted by atomic mass is 16.2. The molecule has 0 fully saturated rings. The third kappa shape index (κ3) is 4.63. The first-order chi connectivity index (χ1) is 8.93. The molecule has 0 aliphatic carbocycles. The van der Waals surface area contributed by atoms with Gasteiger partial charge in [-0.25, -0.2) is 0 Å². The third-order valence-electron chi connectivity index (χ3n) is 3.43. The van der Waals surface area contributed by atoms with E-state index >= 15 is 0 Å². The van der Waals surface area contributed by atoms with Gasteiger partial charge in [-0.1, -0.05) is 33.8 Å². The lowest BCUT2D eigenvalue weighted by Crippen LogP contribution is -2.45. The Morgan fingerprint density at radius 3 is 2.47 bits per heavy atom. The van der Waals surface area contributed by atoms with Gasteiger partial charge in [0.25, 0.3) is 0 Å². The number of nitrogens with one attached hydrogen (secondary N) is 1. The fourth-order valence-electron chi connectivity index (χ4n) is 1.96. The molecule has 0 aromatic carbocycles. The molecule has 4 nitrogen and oxygen atoms in total. The van der Waals surface area contributed by atoms with E-state index < -0.39 is 6.04 Å². The number of carbonyl (C=O) groups excluding carboxylic acids is 1. The van der Waals surface area contributed by atoms with Gasteiger partial charge in [0.15, 0.2) is 0 Å². The Balaban J connectivity index is 2.64. The van der Waals surface area contributed by atoms with E-state index in [1.54, 1.807) is 6.20 Å². The summed E-state index contributed by atoms with van der Waals surface area (Å²) >= 11 is 0. The van der Waals surface area contributed by atoms with Crippen molar-refractivity contribution >= 4 is 5.91 Å². The van der Waals surface area contributed by atoms with Crippen molar-refractivity contribution in [2.24, 2.45) is 17.6 Å². The number of hydrogen-bond donors (Lipinski definition) is 2. The Morgan fingerprint density at radius 1 is 1.32 bits per heavy atom. The van der Waals surface area contributed by atoms with Crippen LogP contribution in [0.15, 0.2) is 24.5 Å². The molecular formula is C15H25N3O. The molecule has 0 aliphatic heterocycles. The summed E-state index contributed by atoms with van der Waals surface area (Å²) in [6, 6.07) is 3.53. The lowest BCUT2D eigenvalue weighted by Gasteiger charge is -2.23.